The van der Waals surface area contributed by atoms with Crippen molar-refractivity contribution in [3.05, 3.63) is 34.4 Å². The van der Waals surface area contributed by atoms with Crippen LogP contribution in [0.1, 0.15) is 46.5 Å². The summed E-state index contributed by atoms with van der Waals surface area (Å²) in [6, 6.07) is 6.60. The SMILES string of the molecule is CCCCCC(C)(C)CNc1ccc([N+](=O)[O-])cc1. The number of non-ortho nitro benzene ring substituents is 1. The van der Waals surface area contributed by atoms with E-state index in [0.29, 0.717) is 0 Å². The van der Waals surface area contributed by atoms with Gasteiger partial charge >= 0.3 is 0 Å². The van der Waals surface area contributed by atoms with Crippen LogP contribution in [0.25, 0.3) is 0 Å². The molecule has 0 aliphatic carbocycles. The van der Waals surface area contributed by atoms with E-state index in [2.05, 4.69) is 26.1 Å². The quantitative estimate of drug-likeness (QED) is 0.423. The number of rotatable bonds is 8. The van der Waals surface area contributed by atoms with Gasteiger partial charge < -0.3 is 5.32 Å². The van der Waals surface area contributed by atoms with Crippen LogP contribution in [0.15, 0.2) is 24.3 Å². The molecule has 0 unspecified atom stereocenters. The summed E-state index contributed by atoms with van der Waals surface area (Å²) in [4.78, 5) is 10.2. The zero-order valence-electron chi connectivity index (χ0n) is 12.1. The Hall–Kier alpha value is -1.58. The highest BCUT2D eigenvalue weighted by atomic mass is 16.6. The summed E-state index contributed by atoms with van der Waals surface area (Å²) in [7, 11) is 0. The lowest BCUT2D eigenvalue weighted by Gasteiger charge is -2.25. The minimum atomic E-state index is -0.377. The first-order valence-electron chi connectivity index (χ1n) is 6.93. The van der Waals surface area contributed by atoms with Gasteiger partial charge in [0.05, 0.1) is 4.92 Å². The van der Waals surface area contributed by atoms with Crippen molar-refractivity contribution in [1.82, 2.24) is 0 Å². The number of nitrogens with one attached hydrogen (secondary N) is 1. The van der Waals surface area contributed by atoms with Crippen LogP contribution in [-0.4, -0.2) is 11.5 Å². The highest BCUT2D eigenvalue weighted by molar-refractivity contribution is 5.48. The molecule has 19 heavy (non-hydrogen) atoms. The van der Waals surface area contributed by atoms with E-state index in [4.69, 9.17) is 0 Å². The molecule has 0 fully saturated rings. The summed E-state index contributed by atoms with van der Waals surface area (Å²) >= 11 is 0. The van der Waals surface area contributed by atoms with Gasteiger partial charge in [-0.15, -0.1) is 0 Å². The first-order valence-corrected chi connectivity index (χ1v) is 6.93. The number of hydrogen-bond donors (Lipinski definition) is 1. The second-order valence-corrected chi connectivity index (χ2v) is 5.78. The van der Waals surface area contributed by atoms with Gasteiger partial charge in [-0.05, 0) is 24.0 Å². The maximum absolute atomic E-state index is 10.6. The second kappa shape index (κ2) is 7.12. The molecule has 1 N–H and O–H groups in total. The monoisotopic (exact) mass is 264 g/mol. The Balaban J connectivity index is 2.44. The number of nitro groups is 1. The number of unbranched alkanes of at least 4 members (excludes halogenated alkanes) is 2. The summed E-state index contributed by atoms with van der Waals surface area (Å²) in [6.45, 7) is 7.60. The fourth-order valence-corrected chi connectivity index (χ4v) is 1.98. The molecular weight excluding hydrogens is 240 g/mol. The van der Waals surface area contributed by atoms with Crippen molar-refractivity contribution < 1.29 is 4.92 Å². The Labute approximate surface area is 115 Å². The fourth-order valence-electron chi connectivity index (χ4n) is 1.98. The van der Waals surface area contributed by atoms with Gasteiger partial charge in [0, 0.05) is 24.4 Å². The van der Waals surface area contributed by atoms with Gasteiger partial charge in [-0.3, -0.25) is 10.1 Å². The van der Waals surface area contributed by atoms with Gasteiger partial charge in [0.25, 0.3) is 5.69 Å². The Bertz CT molecular complexity index is 399. The molecule has 4 nitrogen and oxygen atoms in total. The smallest absolute Gasteiger partial charge is 0.269 e. The highest BCUT2D eigenvalue weighted by Crippen LogP contribution is 2.25. The van der Waals surface area contributed by atoms with E-state index in [9.17, 15) is 10.1 Å². The average molecular weight is 264 g/mol. The lowest BCUT2D eigenvalue weighted by atomic mass is 9.87. The molecular formula is C15H24N2O2. The molecule has 0 atom stereocenters. The van der Waals surface area contributed by atoms with Crippen LogP contribution in [-0.2, 0) is 0 Å². The van der Waals surface area contributed by atoms with E-state index in [0.717, 1.165) is 12.2 Å². The number of hydrogen-bond acceptors (Lipinski definition) is 3. The van der Waals surface area contributed by atoms with Gasteiger partial charge in [-0.25, -0.2) is 0 Å². The van der Waals surface area contributed by atoms with Crippen LogP contribution >= 0.6 is 0 Å². The zero-order valence-corrected chi connectivity index (χ0v) is 12.1. The van der Waals surface area contributed by atoms with Crippen LogP contribution < -0.4 is 5.32 Å². The largest absolute Gasteiger partial charge is 0.385 e. The molecule has 4 heteroatoms. The van der Waals surface area contributed by atoms with Crippen LogP contribution in [0.5, 0.6) is 0 Å². The summed E-state index contributed by atoms with van der Waals surface area (Å²) in [5.41, 5.74) is 1.32. The normalized spacial score (nSPS) is 11.3. The van der Waals surface area contributed by atoms with E-state index in [1.54, 1.807) is 12.1 Å². The van der Waals surface area contributed by atoms with E-state index >= 15 is 0 Å². The molecule has 0 radical (unpaired) electrons. The summed E-state index contributed by atoms with van der Waals surface area (Å²) < 4.78 is 0. The van der Waals surface area contributed by atoms with Gasteiger partial charge in [0.2, 0.25) is 0 Å². The van der Waals surface area contributed by atoms with E-state index in [1.165, 1.54) is 37.8 Å². The van der Waals surface area contributed by atoms with Crippen molar-refractivity contribution in [1.29, 1.82) is 0 Å². The molecule has 1 aromatic rings. The van der Waals surface area contributed by atoms with Crippen molar-refractivity contribution in [3.63, 3.8) is 0 Å². The second-order valence-electron chi connectivity index (χ2n) is 5.78. The van der Waals surface area contributed by atoms with Crippen molar-refractivity contribution in [3.8, 4) is 0 Å². The Morgan fingerprint density at radius 2 is 1.84 bits per heavy atom. The average Bonchev–Trinajstić information content (AvgIpc) is 2.37. The molecule has 1 rings (SSSR count). The molecule has 106 valence electrons. The minimum absolute atomic E-state index is 0.132. The van der Waals surface area contributed by atoms with Crippen LogP contribution in [0.4, 0.5) is 11.4 Å². The number of nitrogens with zero attached hydrogens (tertiary/aromatic N) is 1. The van der Waals surface area contributed by atoms with Crippen molar-refractivity contribution in [2.24, 2.45) is 5.41 Å². The molecule has 0 aliphatic heterocycles. The molecule has 0 saturated carbocycles. The third-order valence-corrected chi connectivity index (χ3v) is 3.31. The van der Waals surface area contributed by atoms with Crippen LogP contribution in [0.3, 0.4) is 0 Å². The minimum Gasteiger partial charge on any atom is -0.385 e. The maximum atomic E-state index is 10.6. The van der Waals surface area contributed by atoms with E-state index in [-0.39, 0.29) is 16.0 Å². The molecule has 1 aromatic carbocycles. The third kappa shape index (κ3) is 5.73. The number of benzene rings is 1. The standard InChI is InChI=1S/C15H24N2O2/c1-4-5-6-11-15(2,3)12-16-13-7-9-14(10-8-13)17(18)19/h7-10,16H,4-6,11-12H2,1-3H3. The van der Waals surface area contributed by atoms with Crippen LogP contribution in [0.2, 0.25) is 0 Å². The van der Waals surface area contributed by atoms with Gasteiger partial charge in [0.1, 0.15) is 0 Å². The lowest BCUT2D eigenvalue weighted by molar-refractivity contribution is -0.384. The molecule has 0 heterocycles. The Morgan fingerprint density at radius 1 is 1.21 bits per heavy atom. The Kier molecular flexibility index (Phi) is 5.80. The van der Waals surface area contributed by atoms with Crippen molar-refractivity contribution in [2.75, 3.05) is 11.9 Å². The molecule has 0 aromatic heterocycles. The van der Waals surface area contributed by atoms with Gasteiger partial charge in [-0.2, -0.15) is 0 Å². The zero-order chi connectivity index (χ0) is 14.3. The summed E-state index contributed by atoms with van der Waals surface area (Å²) in [5.74, 6) is 0. The van der Waals surface area contributed by atoms with Gasteiger partial charge in [0.15, 0.2) is 0 Å². The molecule has 0 amide bonds. The number of nitro benzene ring substituents is 1. The summed E-state index contributed by atoms with van der Waals surface area (Å²) in [6.07, 6.45) is 4.97. The molecule has 0 spiro atoms. The molecule has 0 saturated heterocycles. The molecule has 0 bridgehead atoms. The Morgan fingerprint density at radius 3 is 2.37 bits per heavy atom. The van der Waals surface area contributed by atoms with E-state index in [1.807, 2.05) is 0 Å². The van der Waals surface area contributed by atoms with Crippen molar-refractivity contribution in [2.45, 2.75) is 46.5 Å². The first kappa shape index (κ1) is 15.5. The molecule has 0 aliphatic rings. The third-order valence-electron chi connectivity index (χ3n) is 3.31. The predicted molar refractivity (Wildman–Crippen MR) is 79.5 cm³/mol. The van der Waals surface area contributed by atoms with Crippen LogP contribution in [0, 0.1) is 15.5 Å². The summed E-state index contributed by atoms with van der Waals surface area (Å²) in [5, 5.41) is 13.9. The lowest BCUT2D eigenvalue weighted by Crippen LogP contribution is -2.23. The number of anilines is 1. The maximum Gasteiger partial charge on any atom is 0.269 e. The van der Waals surface area contributed by atoms with E-state index < -0.39 is 0 Å². The van der Waals surface area contributed by atoms with Gasteiger partial charge in [-0.1, -0.05) is 40.0 Å². The first-order chi connectivity index (χ1) is 8.94. The predicted octanol–water partition coefficient (Wildman–Crippen LogP) is 4.61. The highest BCUT2D eigenvalue weighted by Gasteiger charge is 2.17. The topological polar surface area (TPSA) is 55.2 Å². The fraction of sp³-hybridized carbons (Fsp3) is 0.600. The van der Waals surface area contributed by atoms with Crippen molar-refractivity contribution >= 4 is 11.4 Å².